The van der Waals surface area contributed by atoms with Crippen LogP contribution in [0.5, 0.6) is 0 Å². The molecule has 1 aromatic carbocycles. The van der Waals surface area contributed by atoms with Gasteiger partial charge in [0.15, 0.2) is 0 Å². The predicted octanol–water partition coefficient (Wildman–Crippen LogP) is 3.10. The van der Waals surface area contributed by atoms with Gasteiger partial charge in [-0.3, -0.25) is 9.59 Å². The van der Waals surface area contributed by atoms with Gasteiger partial charge in [0.1, 0.15) is 5.82 Å². The summed E-state index contributed by atoms with van der Waals surface area (Å²) in [5.74, 6) is -0.922. The average Bonchev–Trinajstić information content (AvgIpc) is 2.46. The zero-order valence-electron chi connectivity index (χ0n) is 12.6. The molecular formula is C16H23FN2O2. The normalized spacial score (nSPS) is 11.8. The minimum absolute atomic E-state index is 0.0491. The molecule has 1 aromatic rings. The van der Waals surface area contributed by atoms with Crippen LogP contribution < -0.4 is 10.6 Å². The Kier molecular flexibility index (Phi) is 7.43. The molecule has 21 heavy (non-hydrogen) atoms. The van der Waals surface area contributed by atoms with Gasteiger partial charge in [-0.2, -0.15) is 0 Å². The number of benzene rings is 1. The Labute approximate surface area is 125 Å². The predicted molar refractivity (Wildman–Crippen MR) is 81.3 cm³/mol. The number of unbranched alkanes of at least 4 members (excludes halogenated alkanes) is 1. The molecule has 0 spiro atoms. The Morgan fingerprint density at radius 2 is 2.05 bits per heavy atom. The van der Waals surface area contributed by atoms with Crippen molar-refractivity contribution in [3.63, 3.8) is 0 Å². The maximum atomic E-state index is 13.0. The molecule has 0 saturated carbocycles. The molecule has 2 amide bonds. The van der Waals surface area contributed by atoms with Crippen LogP contribution in [0.2, 0.25) is 0 Å². The average molecular weight is 294 g/mol. The van der Waals surface area contributed by atoms with E-state index in [2.05, 4.69) is 17.6 Å². The van der Waals surface area contributed by atoms with E-state index in [1.165, 1.54) is 18.2 Å². The number of carbonyl (C=O) groups excluding carboxylic acids is 2. The molecule has 0 aliphatic rings. The van der Waals surface area contributed by atoms with E-state index in [1.54, 1.807) is 6.07 Å². The van der Waals surface area contributed by atoms with Gasteiger partial charge >= 0.3 is 0 Å². The van der Waals surface area contributed by atoms with Crippen molar-refractivity contribution in [2.45, 2.75) is 39.5 Å². The first-order valence-corrected chi connectivity index (χ1v) is 7.40. The Balaban J connectivity index is 2.39. The number of halogens is 1. The third kappa shape index (κ3) is 6.38. The number of hydrogen-bond acceptors (Lipinski definition) is 2. The van der Waals surface area contributed by atoms with Crippen LogP contribution in [0.25, 0.3) is 0 Å². The fraction of sp³-hybridized carbons (Fsp3) is 0.500. The monoisotopic (exact) mass is 294 g/mol. The molecule has 116 valence electrons. The quantitative estimate of drug-likeness (QED) is 0.774. The van der Waals surface area contributed by atoms with Gasteiger partial charge in [-0.05, 0) is 31.0 Å². The van der Waals surface area contributed by atoms with Crippen LogP contribution in [-0.4, -0.2) is 18.4 Å². The summed E-state index contributed by atoms with van der Waals surface area (Å²) in [6.07, 6.45) is 3.65. The van der Waals surface area contributed by atoms with Gasteiger partial charge in [0.25, 0.3) is 0 Å². The van der Waals surface area contributed by atoms with E-state index in [0.717, 1.165) is 25.7 Å². The molecular weight excluding hydrogens is 271 g/mol. The number of nitrogens with one attached hydrogen (secondary N) is 2. The van der Waals surface area contributed by atoms with E-state index in [9.17, 15) is 14.0 Å². The number of anilines is 1. The molecule has 0 bridgehead atoms. The van der Waals surface area contributed by atoms with E-state index in [1.807, 2.05) is 6.92 Å². The maximum Gasteiger partial charge on any atom is 0.243 e. The van der Waals surface area contributed by atoms with Crippen molar-refractivity contribution < 1.29 is 14.0 Å². The Morgan fingerprint density at radius 1 is 1.29 bits per heavy atom. The standard InChI is InChI=1S/C16H23FN2O2/c1-3-5-7-12(4-2)16(21)18-11-15(20)19-14-9-6-8-13(17)10-14/h6,8-10,12H,3-5,7,11H2,1-2H3,(H,18,21)(H,19,20)/t12-/m1/s1. The van der Waals surface area contributed by atoms with Crippen LogP contribution in [0.1, 0.15) is 39.5 Å². The van der Waals surface area contributed by atoms with E-state index in [0.29, 0.717) is 5.69 Å². The number of amides is 2. The van der Waals surface area contributed by atoms with Crippen LogP contribution in [-0.2, 0) is 9.59 Å². The molecule has 0 aromatic heterocycles. The van der Waals surface area contributed by atoms with Gasteiger partial charge in [-0.1, -0.05) is 32.8 Å². The number of carbonyl (C=O) groups is 2. The Bertz CT molecular complexity index is 477. The third-order valence-corrected chi connectivity index (χ3v) is 3.30. The Hall–Kier alpha value is -1.91. The van der Waals surface area contributed by atoms with Gasteiger partial charge in [-0.25, -0.2) is 4.39 Å². The molecule has 0 fully saturated rings. The molecule has 1 atom stereocenters. The molecule has 0 unspecified atom stereocenters. The molecule has 2 N–H and O–H groups in total. The first-order chi connectivity index (χ1) is 10.1. The fourth-order valence-corrected chi connectivity index (χ4v) is 2.05. The van der Waals surface area contributed by atoms with Crippen LogP contribution >= 0.6 is 0 Å². The SMILES string of the molecule is CCCC[C@@H](CC)C(=O)NCC(=O)Nc1cccc(F)c1. The van der Waals surface area contributed by atoms with Crippen LogP contribution in [0.15, 0.2) is 24.3 Å². The minimum Gasteiger partial charge on any atom is -0.347 e. The highest BCUT2D eigenvalue weighted by Crippen LogP contribution is 2.12. The zero-order chi connectivity index (χ0) is 15.7. The van der Waals surface area contributed by atoms with E-state index in [4.69, 9.17) is 0 Å². The molecule has 0 radical (unpaired) electrons. The molecule has 0 heterocycles. The lowest BCUT2D eigenvalue weighted by molar-refractivity contribution is -0.127. The van der Waals surface area contributed by atoms with E-state index in [-0.39, 0.29) is 24.3 Å². The van der Waals surface area contributed by atoms with Crippen molar-refractivity contribution in [3.8, 4) is 0 Å². The van der Waals surface area contributed by atoms with Crippen LogP contribution in [0.4, 0.5) is 10.1 Å². The van der Waals surface area contributed by atoms with Gasteiger partial charge < -0.3 is 10.6 Å². The highest BCUT2D eigenvalue weighted by Gasteiger charge is 2.16. The molecule has 4 nitrogen and oxygen atoms in total. The second-order valence-corrected chi connectivity index (χ2v) is 5.02. The highest BCUT2D eigenvalue weighted by molar-refractivity contribution is 5.94. The van der Waals surface area contributed by atoms with Gasteiger partial charge in [-0.15, -0.1) is 0 Å². The molecule has 1 rings (SSSR count). The molecule has 0 aliphatic heterocycles. The van der Waals surface area contributed by atoms with Crippen molar-refractivity contribution in [3.05, 3.63) is 30.1 Å². The van der Waals surface area contributed by atoms with Gasteiger partial charge in [0.2, 0.25) is 11.8 Å². The summed E-state index contributed by atoms with van der Waals surface area (Å²) in [4.78, 5) is 23.6. The lowest BCUT2D eigenvalue weighted by Gasteiger charge is -2.14. The number of hydrogen-bond donors (Lipinski definition) is 2. The summed E-state index contributed by atoms with van der Waals surface area (Å²) in [6.45, 7) is 3.95. The van der Waals surface area contributed by atoms with Crippen molar-refractivity contribution in [2.24, 2.45) is 5.92 Å². The summed E-state index contributed by atoms with van der Waals surface area (Å²) in [5, 5.41) is 5.18. The summed E-state index contributed by atoms with van der Waals surface area (Å²) < 4.78 is 13.0. The van der Waals surface area contributed by atoms with Crippen LogP contribution in [0.3, 0.4) is 0 Å². The molecule has 5 heteroatoms. The topological polar surface area (TPSA) is 58.2 Å². The lowest BCUT2D eigenvalue weighted by Crippen LogP contribution is -2.36. The van der Waals surface area contributed by atoms with Gasteiger partial charge in [0, 0.05) is 11.6 Å². The van der Waals surface area contributed by atoms with E-state index >= 15 is 0 Å². The van der Waals surface area contributed by atoms with E-state index < -0.39 is 5.82 Å². The number of rotatable bonds is 8. The van der Waals surface area contributed by atoms with Crippen molar-refractivity contribution >= 4 is 17.5 Å². The zero-order valence-corrected chi connectivity index (χ0v) is 12.6. The van der Waals surface area contributed by atoms with Crippen molar-refractivity contribution in [1.82, 2.24) is 5.32 Å². The summed E-state index contributed by atoms with van der Waals surface area (Å²) in [7, 11) is 0. The smallest absolute Gasteiger partial charge is 0.243 e. The van der Waals surface area contributed by atoms with Crippen molar-refractivity contribution in [1.29, 1.82) is 0 Å². The summed E-state index contributed by atoms with van der Waals surface area (Å²) in [5.41, 5.74) is 0.382. The Morgan fingerprint density at radius 3 is 2.67 bits per heavy atom. The third-order valence-electron chi connectivity index (χ3n) is 3.30. The van der Waals surface area contributed by atoms with Gasteiger partial charge in [0.05, 0.1) is 6.54 Å². The lowest BCUT2D eigenvalue weighted by atomic mass is 9.98. The second-order valence-electron chi connectivity index (χ2n) is 5.02. The summed E-state index contributed by atoms with van der Waals surface area (Å²) >= 11 is 0. The maximum absolute atomic E-state index is 13.0. The fourth-order valence-electron chi connectivity index (χ4n) is 2.05. The van der Waals surface area contributed by atoms with Crippen molar-refractivity contribution in [2.75, 3.05) is 11.9 Å². The first-order valence-electron chi connectivity index (χ1n) is 7.40. The first kappa shape index (κ1) is 17.1. The largest absolute Gasteiger partial charge is 0.347 e. The highest BCUT2D eigenvalue weighted by atomic mass is 19.1. The molecule has 0 saturated heterocycles. The summed E-state index contributed by atoms with van der Waals surface area (Å²) in [6, 6.07) is 5.65. The van der Waals surface area contributed by atoms with Crippen LogP contribution in [0, 0.1) is 11.7 Å². The molecule has 0 aliphatic carbocycles. The minimum atomic E-state index is -0.414. The second kappa shape index (κ2) is 9.10.